The summed E-state index contributed by atoms with van der Waals surface area (Å²) in [5.41, 5.74) is 0.420. The van der Waals surface area contributed by atoms with Crippen LogP contribution in [0.5, 0.6) is 11.5 Å². The Morgan fingerprint density at radius 2 is 1.82 bits per heavy atom. The van der Waals surface area contributed by atoms with Crippen molar-refractivity contribution < 1.29 is 19.1 Å². The molecule has 17 heavy (non-hydrogen) atoms. The van der Waals surface area contributed by atoms with Crippen molar-refractivity contribution in [1.29, 1.82) is 0 Å². The van der Waals surface area contributed by atoms with Crippen molar-refractivity contribution >= 4 is 11.7 Å². The van der Waals surface area contributed by atoms with E-state index in [1.54, 1.807) is 18.2 Å². The van der Waals surface area contributed by atoms with Crippen LogP contribution in [0.2, 0.25) is 0 Å². The number of benzene rings is 1. The van der Waals surface area contributed by atoms with E-state index in [1.165, 1.54) is 21.1 Å². The Labute approximate surface area is 99.7 Å². The number of hydrogen-bond acceptors (Lipinski definition) is 4. The molecular formula is C12H15NO4. The zero-order valence-electron chi connectivity index (χ0n) is 10.1. The Morgan fingerprint density at radius 3 is 2.35 bits per heavy atom. The third-order valence-corrected chi connectivity index (χ3v) is 2.14. The van der Waals surface area contributed by atoms with E-state index in [2.05, 4.69) is 5.32 Å². The van der Waals surface area contributed by atoms with Gasteiger partial charge in [0.25, 0.3) is 5.91 Å². The monoisotopic (exact) mass is 237 g/mol. The molecule has 0 saturated heterocycles. The van der Waals surface area contributed by atoms with E-state index in [0.29, 0.717) is 17.1 Å². The summed E-state index contributed by atoms with van der Waals surface area (Å²) in [6, 6.07) is 4.81. The lowest BCUT2D eigenvalue weighted by Crippen LogP contribution is -2.28. The molecule has 0 aliphatic carbocycles. The number of ketones is 1. The molecule has 1 aromatic rings. The van der Waals surface area contributed by atoms with Gasteiger partial charge in [-0.15, -0.1) is 0 Å². The molecule has 0 heterocycles. The molecule has 0 spiro atoms. The first-order valence-corrected chi connectivity index (χ1v) is 5.08. The standard InChI is InChI=1S/C12H15NO4/c1-8(14)7-13-12(15)9-4-5-10(16-2)11(6-9)17-3/h4-6H,7H2,1-3H3,(H,13,15). The quantitative estimate of drug-likeness (QED) is 0.830. The second-order valence-electron chi connectivity index (χ2n) is 3.45. The molecule has 0 unspecified atom stereocenters. The van der Waals surface area contributed by atoms with Gasteiger partial charge in [-0.1, -0.05) is 0 Å². The van der Waals surface area contributed by atoms with Gasteiger partial charge in [-0.25, -0.2) is 0 Å². The van der Waals surface area contributed by atoms with E-state index in [1.807, 2.05) is 0 Å². The molecule has 0 fully saturated rings. The number of hydrogen-bond donors (Lipinski definition) is 1. The van der Waals surface area contributed by atoms with Crippen molar-refractivity contribution in [3.63, 3.8) is 0 Å². The average molecular weight is 237 g/mol. The van der Waals surface area contributed by atoms with Gasteiger partial charge < -0.3 is 14.8 Å². The van der Waals surface area contributed by atoms with Crippen LogP contribution in [0.25, 0.3) is 0 Å². The first kappa shape index (κ1) is 13.0. The predicted octanol–water partition coefficient (Wildman–Crippen LogP) is 1.02. The topological polar surface area (TPSA) is 64.6 Å². The van der Waals surface area contributed by atoms with Gasteiger partial charge in [0.1, 0.15) is 5.78 Å². The summed E-state index contributed by atoms with van der Waals surface area (Å²) < 4.78 is 10.1. The Hall–Kier alpha value is -2.04. The summed E-state index contributed by atoms with van der Waals surface area (Å²) >= 11 is 0. The number of rotatable bonds is 5. The molecule has 5 nitrogen and oxygen atoms in total. The molecule has 0 aromatic heterocycles. The second-order valence-corrected chi connectivity index (χ2v) is 3.45. The van der Waals surface area contributed by atoms with Crippen LogP contribution in [0.3, 0.4) is 0 Å². The van der Waals surface area contributed by atoms with Crippen molar-refractivity contribution in [3.8, 4) is 11.5 Å². The van der Waals surface area contributed by atoms with Crippen LogP contribution >= 0.6 is 0 Å². The third kappa shape index (κ3) is 3.48. The minimum Gasteiger partial charge on any atom is -0.493 e. The molecular weight excluding hydrogens is 222 g/mol. The summed E-state index contributed by atoms with van der Waals surface area (Å²) in [6.07, 6.45) is 0. The van der Waals surface area contributed by atoms with Crippen LogP contribution < -0.4 is 14.8 Å². The van der Waals surface area contributed by atoms with E-state index in [4.69, 9.17) is 9.47 Å². The zero-order valence-corrected chi connectivity index (χ0v) is 10.1. The van der Waals surface area contributed by atoms with Gasteiger partial charge >= 0.3 is 0 Å². The maximum absolute atomic E-state index is 11.7. The molecule has 1 amide bonds. The number of methoxy groups -OCH3 is 2. The van der Waals surface area contributed by atoms with Crippen LogP contribution in [0.4, 0.5) is 0 Å². The van der Waals surface area contributed by atoms with E-state index >= 15 is 0 Å². The SMILES string of the molecule is COc1ccc(C(=O)NCC(C)=O)cc1OC. The summed E-state index contributed by atoms with van der Waals surface area (Å²) in [5.74, 6) is 0.610. The molecule has 0 bridgehead atoms. The highest BCUT2D eigenvalue weighted by molar-refractivity contribution is 5.97. The van der Waals surface area contributed by atoms with Crippen LogP contribution in [-0.2, 0) is 4.79 Å². The number of nitrogens with one attached hydrogen (secondary N) is 1. The maximum Gasteiger partial charge on any atom is 0.251 e. The normalized spacial score (nSPS) is 9.59. The largest absolute Gasteiger partial charge is 0.493 e. The fourth-order valence-corrected chi connectivity index (χ4v) is 1.28. The highest BCUT2D eigenvalue weighted by atomic mass is 16.5. The fraction of sp³-hybridized carbons (Fsp3) is 0.333. The number of carbonyl (C=O) groups is 2. The van der Waals surface area contributed by atoms with Crippen molar-refractivity contribution in [1.82, 2.24) is 5.32 Å². The Kier molecular flexibility index (Phi) is 4.51. The van der Waals surface area contributed by atoms with Gasteiger partial charge in [-0.3, -0.25) is 9.59 Å². The Balaban J connectivity index is 2.84. The van der Waals surface area contributed by atoms with Gasteiger partial charge in [-0.2, -0.15) is 0 Å². The third-order valence-electron chi connectivity index (χ3n) is 2.14. The second kappa shape index (κ2) is 5.89. The summed E-state index contributed by atoms with van der Waals surface area (Å²) in [5, 5.41) is 2.50. The molecule has 0 atom stereocenters. The summed E-state index contributed by atoms with van der Waals surface area (Å²) in [6.45, 7) is 1.43. The molecule has 92 valence electrons. The Bertz CT molecular complexity index is 429. The highest BCUT2D eigenvalue weighted by Gasteiger charge is 2.10. The summed E-state index contributed by atoms with van der Waals surface area (Å²) in [4.78, 5) is 22.4. The first-order chi connectivity index (χ1) is 8.08. The van der Waals surface area contributed by atoms with E-state index < -0.39 is 0 Å². The smallest absolute Gasteiger partial charge is 0.251 e. The van der Waals surface area contributed by atoms with Gasteiger partial charge in [-0.05, 0) is 25.1 Å². The Morgan fingerprint density at radius 1 is 1.18 bits per heavy atom. The average Bonchev–Trinajstić information content (AvgIpc) is 2.34. The molecule has 5 heteroatoms. The van der Waals surface area contributed by atoms with Crippen LogP contribution in [0.1, 0.15) is 17.3 Å². The fourth-order valence-electron chi connectivity index (χ4n) is 1.28. The van der Waals surface area contributed by atoms with Crippen molar-refractivity contribution in [3.05, 3.63) is 23.8 Å². The molecule has 1 rings (SSSR count). The summed E-state index contributed by atoms with van der Waals surface area (Å²) in [7, 11) is 3.02. The van der Waals surface area contributed by atoms with Crippen molar-refractivity contribution in [2.45, 2.75) is 6.92 Å². The van der Waals surface area contributed by atoms with Gasteiger partial charge in [0.15, 0.2) is 11.5 Å². The molecule has 0 aliphatic heterocycles. The number of carbonyl (C=O) groups excluding carboxylic acids is 2. The lowest BCUT2D eigenvalue weighted by molar-refractivity contribution is -0.116. The van der Waals surface area contributed by atoms with E-state index in [9.17, 15) is 9.59 Å². The van der Waals surface area contributed by atoms with Crippen LogP contribution in [0.15, 0.2) is 18.2 Å². The minimum absolute atomic E-state index is 0.0210. The van der Waals surface area contributed by atoms with E-state index in [-0.39, 0.29) is 18.2 Å². The van der Waals surface area contributed by atoms with Crippen LogP contribution in [-0.4, -0.2) is 32.5 Å². The lowest BCUT2D eigenvalue weighted by Gasteiger charge is -2.09. The molecule has 1 N–H and O–H groups in total. The minimum atomic E-state index is -0.318. The number of Topliss-reactive ketones (excluding diaryl/α,β-unsaturated/α-hetero) is 1. The molecule has 1 aromatic carbocycles. The van der Waals surface area contributed by atoms with Crippen molar-refractivity contribution in [2.24, 2.45) is 0 Å². The first-order valence-electron chi connectivity index (χ1n) is 5.08. The molecule has 0 aliphatic rings. The van der Waals surface area contributed by atoms with Crippen molar-refractivity contribution in [2.75, 3.05) is 20.8 Å². The molecule has 0 radical (unpaired) electrons. The van der Waals surface area contributed by atoms with Gasteiger partial charge in [0, 0.05) is 5.56 Å². The lowest BCUT2D eigenvalue weighted by atomic mass is 10.2. The van der Waals surface area contributed by atoms with Gasteiger partial charge in [0.2, 0.25) is 0 Å². The zero-order chi connectivity index (χ0) is 12.8. The van der Waals surface area contributed by atoms with Crippen LogP contribution in [0, 0.1) is 0 Å². The van der Waals surface area contributed by atoms with Gasteiger partial charge in [0.05, 0.1) is 20.8 Å². The number of amides is 1. The van der Waals surface area contributed by atoms with E-state index in [0.717, 1.165) is 0 Å². The number of ether oxygens (including phenoxy) is 2. The maximum atomic E-state index is 11.7. The molecule has 0 saturated carbocycles. The highest BCUT2D eigenvalue weighted by Crippen LogP contribution is 2.27. The predicted molar refractivity (Wildman–Crippen MR) is 62.6 cm³/mol.